The van der Waals surface area contributed by atoms with Gasteiger partial charge in [0.2, 0.25) is 0 Å². The molecule has 0 aliphatic heterocycles. The van der Waals surface area contributed by atoms with E-state index < -0.39 is 38.6 Å². The minimum atomic E-state index is -5.64. The van der Waals surface area contributed by atoms with Gasteiger partial charge >= 0.3 is 126 Å². The van der Waals surface area contributed by atoms with Gasteiger partial charge in [-0.1, -0.05) is 0 Å². The molecular weight excluding hydrogens is 324 g/mol. The first-order chi connectivity index (χ1) is 8.71. The summed E-state index contributed by atoms with van der Waals surface area (Å²) in [6.07, 6.45) is 0. The summed E-state index contributed by atoms with van der Waals surface area (Å²) >= 11 is 0. The van der Waals surface area contributed by atoms with Crippen molar-refractivity contribution < 1.29 is 25.6 Å². The first kappa shape index (κ1) is 21.1. The number of rotatable bonds is 2. The van der Waals surface area contributed by atoms with E-state index in [0.717, 1.165) is 0 Å². The summed E-state index contributed by atoms with van der Waals surface area (Å²) in [5, 5.41) is -2.12. The molecule has 0 aromatic carbocycles. The molecule has 0 fully saturated rings. The molecule has 0 rings (SSSR count). The number of halogens is 3. The third-order valence-corrected chi connectivity index (χ3v) is 12.5. The van der Waals surface area contributed by atoms with E-state index in [9.17, 15) is 21.6 Å². The molecule has 0 N–H and O–H groups in total. The summed E-state index contributed by atoms with van der Waals surface area (Å²) in [4.78, 5) is 0. The van der Waals surface area contributed by atoms with Gasteiger partial charge in [0.05, 0.1) is 0 Å². The Morgan fingerprint density at radius 2 is 0.952 bits per heavy atom. The van der Waals surface area contributed by atoms with Crippen molar-refractivity contribution in [2.45, 2.75) is 83.3 Å². The Kier molecular flexibility index (Phi) is 5.38. The van der Waals surface area contributed by atoms with Gasteiger partial charge in [0.25, 0.3) is 0 Å². The second-order valence-corrected chi connectivity index (χ2v) is 16.3. The summed E-state index contributed by atoms with van der Waals surface area (Å²) in [6.45, 7) is 15.8. The zero-order valence-corrected chi connectivity index (χ0v) is 16.1. The Hall–Kier alpha value is 0.130. The van der Waals surface area contributed by atoms with Crippen molar-refractivity contribution in [3.63, 3.8) is 0 Å². The minimum absolute atomic E-state index is 0.707. The van der Waals surface area contributed by atoms with E-state index >= 15 is 0 Å². The Labute approximate surface area is 127 Å². The van der Waals surface area contributed by atoms with Gasteiger partial charge in [0.15, 0.2) is 0 Å². The fourth-order valence-electron chi connectivity index (χ4n) is 3.96. The molecule has 0 radical (unpaired) electrons. The van der Waals surface area contributed by atoms with Gasteiger partial charge in [0, 0.05) is 0 Å². The van der Waals surface area contributed by atoms with Crippen LogP contribution in [0.15, 0.2) is 0 Å². The van der Waals surface area contributed by atoms with Gasteiger partial charge < -0.3 is 0 Å². The number of hydrogen-bond acceptors (Lipinski definition) is 3. The molecule has 3 nitrogen and oxygen atoms in total. The summed E-state index contributed by atoms with van der Waals surface area (Å²) < 4.78 is 67.0. The summed E-state index contributed by atoms with van der Waals surface area (Å²) in [5.41, 5.74) is -5.41. The van der Waals surface area contributed by atoms with Gasteiger partial charge in [-0.2, -0.15) is 0 Å². The molecule has 0 amide bonds. The van der Waals surface area contributed by atoms with Crippen molar-refractivity contribution in [1.82, 2.24) is 0 Å². The standard InChI is InChI=1S/C13H28F3O3PS/c1-10(2,3)20(11(4,5)6,12(7,8)9)19-21(17,18)13(14,15)16/h20H,1-9H3. The Morgan fingerprint density at radius 1 is 0.714 bits per heavy atom. The molecule has 0 aliphatic rings. The van der Waals surface area contributed by atoms with Crippen LogP contribution in [0.5, 0.6) is 0 Å². The normalized spacial score (nSPS) is 17.0. The number of alkyl halides is 3. The molecule has 0 spiro atoms. The van der Waals surface area contributed by atoms with E-state index in [4.69, 9.17) is 3.97 Å². The van der Waals surface area contributed by atoms with Crippen LogP contribution in [0.4, 0.5) is 13.2 Å². The maximum atomic E-state index is 12.8. The Morgan fingerprint density at radius 3 is 1.10 bits per heavy atom. The van der Waals surface area contributed by atoms with Crippen LogP contribution in [-0.4, -0.2) is 29.4 Å². The Bertz CT molecular complexity index is 441. The van der Waals surface area contributed by atoms with E-state index in [1.807, 2.05) is 0 Å². The van der Waals surface area contributed by atoms with Crippen LogP contribution in [0, 0.1) is 0 Å². The predicted molar refractivity (Wildman–Crippen MR) is 83.6 cm³/mol. The van der Waals surface area contributed by atoms with Crippen molar-refractivity contribution in [1.29, 1.82) is 0 Å². The molecule has 0 aliphatic carbocycles. The molecule has 8 heteroatoms. The van der Waals surface area contributed by atoms with Crippen LogP contribution in [-0.2, 0) is 14.1 Å². The zero-order valence-electron chi connectivity index (χ0n) is 14.3. The van der Waals surface area contributed by atoms with E-state index in [0.29, 0.717) is 0 Å². The predicted octanol–water partition coefficient (Wildman–Crippen LogP) is 4.91. The van der Waals surface area contributed by atoms with E-state index in [-0.39, 0.29) is 0 Å². The fraction of sp³-hybridized carbons (Fsp3) is 1.00. The molecule has 0 saturated heterocycles. The van der Waals surface area contributed by atoms with Crippen LogP contribution >= 0.6 is 7.49 Å². The van der Waals surface area contributed by atoms with Crippen molar-refractivity contribution in [3.8, 4) is 0 Å². The first-order valence-corrected chi connectivity index (χ1v) is 10.0. The van der Waals surface area contributed by atoms with E-state index in [1.165, 1.54) is 0 Å². The summed E-state index contributed by atoms with van der Waals surface area (Å²) in [6, 6.07) is 0. The van der Waals surface area contributed by atoms with Gasteiger partial charge in [-0.3, -0.25) is 0 Å². The molecule has 0 aromatic rings. The van der Waals surface area contributed by atoms with Crippen LogP contribution < -0.4 is 0 Å². The molecule has 0 atom stereocenters. The molecule has 0 bridgehead atoms. The molecule has 130 valence electrons. The first-order valence-electron chi connectivity index (χ1n) is 6.73. The second-order valence-electron chi connectivity index (χ2n) is 8.41. The Balaban J connectivity index is 6.50. The molecular formula is C13H28F3O3PS. The monoisotopic (exact) mass is 352 g/mol. The second kappa shape index (κ2) is 5.34. The van der Waals surface area contributed by atoms with Crippen molar-refractivity contribution in [3.05, 3.63) is 0 Å². The van der Waals surface area contributed by atoms with Gasteiger partial charge in [-0.25, -0.2) is 0 Å². The average Bonchev–Trinajstić information content (AvgIpc) is 2.05. The molecule has 0 saturated carbocycles. The zero-order chi connectivity index (χ0) is 17.7. The van der Waals surface area contributed by atoms with Crippen LogP contribution in [0.3, 0.4) is 0 Å². The SMILES string of the molecule is CC(C)(C)[PH](OS(=O)(=O)C(F)(F)F)(C(C)(C)C)C(C)(C)C. The number of hydrogen-bond donors (Lipinski definition) is 0. The van der Waals surface area contributed by atoms with Crippen molar-refractivity contribution in [2.24, 2.45) is 0 Å². The van der Waals surface area contributed by atoms with Gasteiger partial charge in [0.1, 0.15) is 0 Å². The molecule has 0 heterocycles. The third kappa shape index (κ3) is 3.73. The molecule has 0 unspecified atom stereocenters. The molecule has 0 aromatic heterocycles. The van der Waals surface area contributed by atoms with Crippen molar-refractivity contribution in [2.75, 3.05) is 0 Å². The van der Waals surface area contributed by atoms with Crippen LogP contribution in [0.25, 0.3) is 0 Å². The molecule has 21 heavy (non-hydrogen) atoms. The van der Waals surface area contributed by atoms with Crippen LogP contribution in [0.1, 0.15) is 62.3 Å². The van der Waals surface area contributed by atoms with Crippen molar-refractivity contribution >= 4 is 17.6 Å². The van der Waals surface area contributed by atoms with Gasteiger partial charge in [-0.15, -0.1) is 0 Å². The maximum absolute atomic E-state index is 12.8. The quantitative estimate of drug-likeness (QED) is 0.524. The third-order valence-electron chi connectivity index (χ3n) is 3.69. The fourth-order valence-corrected chi connectivity index (χ4v) is 15.4. The summed E-state index contributed by atoms with van der Waals surface area (Å²) in [7, 11) is -9.10. The average molecular weight is 352 g/mol. The van der Waals surface area contributed by atoms with E-state index in [2.05, 4.69) is 0 Å². The van der Waals surface area contributed by atoms with E-state index in [1.54, 1.807) is 62.3 Å². The van der Waals surface area contributed by atoms with Gasteiger partial charge in [-0.05, 0) is 0 Å². The topological polar surface area (TPSA) is 43.4 Å². The van der Waals surface area contributed by atoms with Crippen LogP contribution in [0.2, 0.25) is 0 Å². The summed E-state index contributed by atoms with van der Waals surface area (Å²) in [5.74, 6) is 0.